The highest BCUT2D eigenvalue weighted by Gasteiger charge is 2.10. The quantitative estimate of drug-likeness (QED) is 0.858. The molecule has 0 heterocycles. The Kier molecular flexibility index (Phi) is 4.42. The van der Waals surface area contributed by atoms with Gasteiger partial charge in [-0.25, -0.2) is 0 Å². The van der Waals surface area contributed by atoms with Crippen molar-refractivity contribution in [2.45, 2.75) is 20.0 Å². The van der Waals surface area contributed by atoms with Gasteiger partial charge in [0.25, 0.3) is 0 Å². The van der Waals surface area contributed by atoms with Crippen molar-refractivity contribution in [1.29, 1.82) is 0 Å². The van der Waals surface area contributed by atoms with Crippen molar-refractivity contribution < 1.29 is 9.47 Å². The van der Waals surface area contributed by atoms with Gasteiger partial charge in [-0.05, 0) is 31.5 Å². The highest BCUT2D eigenvalue weighted by molar-refractivity contribution is 9.10. The maximum atomic E-state index is 5.87. The van der Waals surface area contributed by atoms with Crippen LogP contribution in [0.5, 0.6) is 5.75 Å². The number of anilines is 1. The summed E-state index contributed by atoms with van der Waals surface area (Å²) in [6.07, 6.45) is -0.00262. The number of nitrogens with two attached hydrogens (primary N) is 1. The molecule has 0 radical (unpaired) electrons. The molecule has 3 nitrogen and oxygen atoms in total. The third-order valence-electron chi connectivity index (χ3n) is 1.99. The first kappa shape index (κ1) is 12.3. The molecule has 0 saturated carbocycles. The molecule has 1 rings (SSSR count). The number of rotatable bonds is 4. The minimum atomic E-state index is -0.00262. The SMILES string of the molecule is COCC(C)Oc1c(C)cc(Br)cc1N. The predicted molar refractivity (Wildman–Crippen MR) is 65.3 cm³/mol. The van der Waals surface area contributed by atoms with Crippen molar-refractivity contribution in [2.24, 2.45) is 0 Å². The lowest BCUT2D eigenvalue weighted by molar-refractivity contribution is 0.0921. The van der Waals surface area contributed by atoms with Crippen molar-refractivity contribution in [3.8, 4) is 5.75 Å². The summed E-state index contributed by atoms with van der Waals surface area (Å²) in [5.74, 6) is 0.739. The number of methoxy groups -OCH3 is 1. The van der Waals surface area contributed by atoms with Gasteiger partial charge in [0.1, 0.15) is 11.9 Å². The molecule has 15 heavy (non-hydrogen) atoms. The first-order valence-electron chi connectivity index (χ1n) is 4.75. The van der Waals surface area contributed by atoms with Crippen LogP contribution in [0.15, 0.2) is 16.6 Å². The van der Waals surface area contributed by atoms with Crippen LogP contribution in [-0.4, -0.2) is 19.8 Å². The second-order valence-electron chi connectivity index (χ2n) is 3.52. The van der Waals surface area contributed by atoms with Crippen LogP contribution >= 0.6 is 15.9 Å². The fourth-order valence-electron chi connectivity index (χ4n) is 1.39. The molecule has 1 aromatic rings. The van der Waals surface area contributed by atoms with Crippen LogP contribution in [0.3, 0.4) is 0 Å². The molecule has 0 bridgehead atoms. The fourth-order valence-corrected chi connectivity index (χ4v) is 1.98. The van der Waals surface area contributed by atoms with Crippen LogP contribution in [0.4, 0.5) is 5.69 Å². The van der Waals surface area contributed by atoms with Crippen molar-refractivity contribution in [2.75, 3.05) is 19.5 Å². The Morgan fingerprint density at radius 3 is 2.67 bits per heavy atom. The Morgan fingerprint density at radius 2 is 2.13 bits per heavy atom. The van der Waals surface area contributed by atoms with E-state index < -0.39 is 0 Å². The summed E-state index contributed by atoms with van der Waals surface area (Å²) in [5, 5.41) is 0. The van der Waals surface area contributed by atoms with Crippen LogP contribution in [-0.2, 0) is 4.74 Å². The summed E-state index contributed by atoms with van der Waals surface area (Å²) in [6.45, 7) is 4.47. The zero-order chi connectivity index (χ0) is 11.4. The number of hydrogen-bond acceptors (Lipinski definition) is 3. The minimum Gasteiger partial charge on any atom is -0.486 e. The van der Waals surface area contributed by atoms with Gasteiger partial charge in [0, 0.05) is 11.6 Å². The number of aryl methyl sites for hydroxylation is 1. The molecule has 1 unspecified atom stereocenters. The molecule has 0 aliphatic heterocycles. The average Bonchev–Trinajstić information content (AvgIpc) is 2.11. The minimum absolute atomic E-state index is 0.00262. The normalized spacial score (nSPS) is 12.5. The molecular formula is C11H16BrNO2. The van der Waals surface area contributed by atoms with E-state index in [-0.39, 0.29) is 6.10 Å². The molecule has 0 spiro atoms. The monoisotopic (exact) mass is 273 g/mol. The fraction of sp³-hybridized carbons (Fsp3) is 0.455. The summed E-state index contributed by atoms with van der Waals surface area (Å²) in [7, 11) is 1.65. The highest BCUT2D eigenvalue weighted by atomic mass is 79.9. The smallest absolute Gasteiger partial charge is 0.145 e. The summed E-state index contributed by atoms with van der Waals surface area (Å²) in [5.41, 5.74) is 7.53. The van der Waals surface area contributed by atoms with E-state index in [2.05, 4.69) is 15.9 Å². The Labute approximate surface area is 98.7 Å². The van der Waals surface area contributed by atoms with Gasteiger partial charge in [-0.3, -0.25) is 0 Å². The Balaban J connectivity index is 2.85. The molecule has 0 aromatic heterocycles. The zero-order valence-electron chi connectivity index (χ0n) is 9.21. The van der Waals surface area contributed by atoms with Gasteiger partial charge < -0.3 is 15.2 Å². The number of nitrogen functional groups attached to an aromatic ring is 1. The molecule has 2 N–H and O–H groups in total. The standard InChI is InChI=1S/C11H16BrNO2/c1-7-4-9(12)5-10(13)11(7)15-8(2)6-14-3/h4-5,8H,6,13H2,1-3H3. The molecule has 1 aromatic carbocycles. The average molecular weight is 274 g/mol. The van der Waals surface area contributed by atoms with Crippen LogP contribution in [0.2, 0.25) is 0 Å². The van der Waals surface area contributed by atoms with Gasteiger partial charge in [0.2, 0.25) is 0 Å². The number of halogens is 1. The maximum Gasteiger partial charge on any atom is 0.145 e. The second kappa shape index (κ2) is 5.37. The van der Waals surface area contributed by atoms with Crippen LogP contribution in [0.1, 0.15) is 12.5 Å². The molecule has 0 aliphatic carbocycles. The van der Waals surface area contributed by atoms with Gasteiger partial charge in [-0.2, -0.15) is 0 Å². The molecule has 1 atom stereocenters. The summed E-state index contributed by atoms with van der Waals surface area (Å²) >= 11 is 3.38. The molecular weight excluding hydrogens is 258 g/mol. The van der Waals surface area contributed by atoms with Gasteiger partial charge in [0.15, 0.2) is 0 Å². The lowest BCUT2D eigenvalue weighted by Crippen LogP contribution is -2.19. The van der Waals surface area contributed by atoms with Crippen molar-refractivity contribution in [3.63, 3.8) is 0 Å². The second-order valence-corrected chi connectivity index (χ2v) is 4.44. The first-order valence-corrected chi connectivity index (χ1v) is 5.55. The third kappa shape index (κ3) is 3.39. The van der Waals surface area contributed by atoms with Crippen LogP contribution in [0.25, 0.3) is 0 Å². The Morgan fingerprint density at radius 1 is 1.47 bits per heavy atom. The van der Waals surface area contributed by atoms with Crippen LogP contribution in [0, 0.1) is 6.92 Å². The predicted octanol–water partition coefficient (Wildman–Crippen LogP) is 2.75. The Hall–Kier alpha value is -0.740. The lowest BCUT2D eigenvalue weighted by Gasteiger charge is -2.17. The summed E-state index contributed by atoms with van der Waals surface area (Å²) in [6, 6.07) is 3.81. The molecule has 0 fully saturated rings. The lowest BCUT2D eigenvalue weighted by atomic mass is 10.2. The largest absolute Gasteiger partial charge is 0.486 e. The van der Waals surface area contributed by atoms with E-state index in [0.717, 1.165) is 15.8 Å². The van der Waals surface area contributed by atoms with E-state index in [4.69, 9.17) is 15.2 Å². The van der Waals surface area contributed by atoms with E-state index in [0.29, 0.717) is 12.3 Å². The molecule has 4 heteroatoms. The van der Waals surface area contributed by atoms with Crippen molar-refractivity contribution in [3.05, 3.63) is 22.2 Å². The molecule has 0 saturated heterocycles. The number of ether oxygens (including phenoxy) is 2. The number of hydrogen-bond donors (Lipinski definition) is 1. The third-order valence-corrected chi connectivity index (χ3v) is 2.45. The first-order chi connectivity index (χ1) is 7.04. The van der Waals surface area contributed by atoms with E-state index in [1.165, 1.54) is 0 Å². The Bertz CT molecular complexity index is 318. The molecule has 0 aliphatic rings. The summed E-state index contributed by atoms with van der Waals surface area (Å²) < 4.78 is 11.7. The molecule has 84 valence electrons. The maximum absolute atomic E-state index is 5.87. The van der Waals surface area contributed by atoms with E-state index in [1.807, 2.05) is 26.0 Å². The van der Waals surface area contributed by atoms with Crippen molar-refractivity contribution in [1.82, 2.24) is 0 Å². The zero-order valence-corrected chi connectivity index (χ0v) is 10.8. The van der Waals surface area contributed by atoms with Crippen molar-refractivity contribution >= 4 is 21.6 Å². The van der Waals surface area contributed by atoms with E-state index in [9.17, 15) is 0 Å². The molecule has 0 amide bonds. The highest BCUT2D eigenvalue weighted by Crippen LogP contribution is 2.30. The van der Waals surface area contributed by atoms with Crippen LogP contribution < -0.4 is 10.5 Å². The van der Waals surface area contributed by atoms with E-state index in [1.54, 1.807) is 7.11 Å². The van der Waals surface area contributed by atoms with Gasteiger partial charge in [0.05, 0.1) is 12.3 Å². The van der Waals surface area contributed by atoms with E-state index >= 15 is 0 Å². The topological polar surface area (TPSA) is 44.5 Å². The number of benzene rings is 1. The van der Waals surface area contributed by atoms with Gasteiger partial charge in [-0.1, -0.05) is 15.9 Å². The summed E-state index contributed by atoms with van der Waals surface area (Å²) in [4.78, 5) is 0. The van der Waals surface area contributed by atoms with Gasteiger partial charge >= 0.3 is 0 Å². The van der Waals surface area contributed by atoms with Gasteiger partial charge in [-0.15, -0.1) is 0 Å².